The molecule has 8 nitrogen and oxygen atoms in total. The maximum absolute atomic E-state index is 12.1. The molecule has 3 amide bonds. The van der Waals surface area contributed by atoms with Gasteiger partial charge in [0.2, 0.25) is 0 Å². The number of hydrogen-bond acceptors (Lipinski definition) is 6. The zero-order valence-electron chi connectivity index (χ0n) is 16.1. The minimum absolute atomic E-state index is 0.0327. The third-order valence-corrected chi connectivity index (χ3v) is 4.14. The lowest BCUT2D eigenvalue weighted by Crippen LogP contribution is -2.51. The fourth-order valence-electron chi connectivity index (χ4n) is 2.64. The highest BCUT2D eigenvalue weighted by atomic mass is 32.1. The van der Waals surface area contributed by atoms with Gasteiger partial charge in [-0.15, -0.1) is 0 Å². The van der Waals surface area contributed by atoms with Crippen LogP contribution in [0.25, 0.3) is 6.08 Å². The van der Waals surface area contributed by atoms with E-state index in [4.69, 9.17) is 21.7 Å². The number of hydrogen-bond donors (Lipinski definition) is 3. The number of nitrogens with one attached hydrogen (secondary N) is 3. The van der Waals surface area contributed by atoms with Gasteiger partial charge in [0.1, 0.15) is 5.57 Å². The Morgan fingerprint density at radius 1 is 1.03 bits per heavy atom. The van der Waals surface area contributed by atoms with Crippen molar-refractivity contribution < 1.29 is 23.9 Å². The minimum atomic E-state index is -0.584. The van der Waals surface area contributed by atoms with Crippen LogP contribution in [0.3, 0.4) is 0 Å². The highest BCUT2D eigenvalue weighted by Crippen LogP contribution is 2.29. The van der Waals surface area contributed by atoms with Crippen molar-refractivity contribution in [2.45, 2.75) is 6.92 Å². The van der Waals surface area contributed by atoms with E-state index < -0.39 is 11.8 Å². The number of carbonyl (C=O) groups is 3. The number of carbonyl (C=O) groups excluding carboxylic acids is 3. The average molecular weight is 425 g/mol. The Balaban J connectivity index is 1.72. The van der Waals surface area contributed by atoms with Gasteiger partial charge in [0, 0.05) is 5.69 Å². The monoisotopic (exact) mass is 425 g/mol. The third-order valence-electron chi connectivity index (χ3n) is 3.94. The SMILES string of the molecule is CCOc1cc(C=C2C(=O)NC(=S)NC2=O)ccc1OCC(=O)Nc1ccccc1. The molecule has 3 rings (SSSR count). The molecule has 1 saturated heterocycles. The molecule has 1 aliphatic heterocycles. The second kappa shape index (κ2) is 9.66. The highest BCUT2D eigenvalue weighted by molar-refractivity contribution is 7.80. The molecule has 0 aliphatic carbocycles. The molecule has 0 radical (unpaired) electrons. The van der Waals surface area contributed by atoms with Crippen molar-refractivity contribution in [1.82, 2.24) is 10.6 Å². The smallest absolute Gasteiger partial charge is 0.263 e. The molecule has 9 heteroatoms. The van der Waals surface area contributed by atoms with E-state index in [0.29, 0.717) is 29.4 Å². The second-order valence-electron chi connectivity index (χ2n) is 6.14. The summed E-state index contributed by atoms with van der Waals surface area (Å²) in [5, 5.41) is 7.45. The summed E-state index contributed by atoms with van der Waals surface area (Å²) in [7, 11) is 0. The lowest BCUT2D eigenvalue weighted by Gasteiger charge is -2.17. The Bertz CT molecular complexity index is 999. The molecule has 0 aromatic heterocycles. The van der Waals surface area contributed by atoms with E-state index in [0.717, 1.165) is 0 Å². The van der Waals surface area contributed by atoms with Gasteiger partial charge in [0.25, 0.3) is 17.7 Å². The molecule has 1 fully saturated rings. The van der Waals surface area contributed by atoms with E-state index in [9.17, 15) is 14.4 Å². The van der Waals surface area contributed by atoms with Crippen LogP contribution >= 0.6 is 12.2 Å². The minimum Gasteiger partial charge on any atom is -0.490 e. The molecule has 1 aliphatic rings. The van der Waals surface area contributed by atoms with Crippen LogP contribution in [0.1, 0.15) is 12.5 Å². The van der Waals surface area contributed by atoms with Gasteiger partial charge in [-0.1, -0.05) is 24.3 Å². The molecule has 3 N–H and O–H groups in total. The first-order valence-electron chi connectivity index (χ1n) is 9.09. The first-order chi connectivity index (χ1) is 14.5. The number of para-hydroxylation sites is 1. The van der Waals surface area contributed by atoms with Gasteiger partial charge in [-0.2, -0.15) is 0 Å². The van der Waals surface area contributed by atoms with Crippen LogP contribution in [-0.4, -0.2) is 36.0 Å². The number of ether oxygens (including phenoxy) is 2. The summed E-state index contributed by atoms with van der Waals surface area (Å²) in [6.45, 7) is 1.96. The summed E-state index contributed by atoms with van der Waals surface area (Å²) >= 11 is 4.78. The maximum atomic E-state index is 12.1. The number of rotatable bonds is 7. The van der Waals surface area contributed by atoms with Crippen molar-refractivity contribution in [2.75, 3.05) is 18.5 Å². The van der Waals surface area contributed by atoms with E-state index in [1.165, 1.54) is 6.08 Å². The molecule has 0 spiro atoms. The standard InChI is InChI=1S/C21H19N3O5S/c1-2-28-17-11-13(10-15-19(26)23-21(30)24-20(15)27)8-9-16(17)29-12-18(25)22-14-6-4-3-5-7-14/h3-11H,2,12H2,1H3,(H,22,25)(H2,23,24,26,27,30). The Labute approximate surface area is 178 Å². The van der Waals surface area contributed by atoms with Crippen LogP contribution in [0.2, 0.25) is 0 Å². The van der Waals surface area contributed by atoms with Crippen LogP contribution in [0.5, 0.6) is 11.5 Å². The van der Waals surface area contributed by atoms with Crippen LogP contribution in [0, 0.1) is 0 Å². The second-order valence-corrected chi connectivity index (χ2v) is 6.55. The van der Waals surface area contributed by atoms with E-state index >= 15 is 0 Å². The predicted octanol–water partition coefficient (Wildman–Crippen LogP) is 2.02. The molecule has 0 bridgehead atoms. The molecule has 30 heavy (non-hydrogen) atoms. The van der Waals surface area contributed by atoms with Gasteiger partial charge in [-0.05, 0) is 55.0 Å². The lowest BCUT2D eigenvalue weighted by molar-refractivity contribution is -0.123. The molecule has 1 heterocycles. The van der Waals surface area contributed by atoms with Gasteiger partial charge < -0.3 is 14.8 Å². The summed E-state index contributed by atoms with van der Waals surface area (Å²) in [6, 6.07) is 13.9. The summed E-state index contributed by atoms with van der Waals surface area (Å²) in [5.74, 6) is -0.743. The van der Waals surface area contributed by atoms with Gasteiger partial charge in [0.05, 0.1) is 6.61 Å². The van der Waals surface area contributed by atoms with Crippen LogP contribution < -0.4 is 25.4 Å². The Hall–Kier alpha value is -3.72. The highest BCUT2D eigenvalue weighted by Gasteiger charge is 2.25. The van der Waals surface area contributed by atoms with Crippen molar-refractivity contribution in [3.05, 3.63) is 59.7 Å². The van der Waals surface area contributed by atoms with Crippen molar-refractivity contribution in [2.24, 2.45) is 0 Å². The topological polar surface area (TPSA) is 106 Å². The summed E-state index contributed by atoms with van der Waals surface area (Å²) in [6.07, 6.45) is 1.42. The molecule has 154 valence electrons. The van der Waals surface area contributed by atoms with E-state index in [2.05, 4.69) is 16.0 Å². The van der Waals surface area contributed by atoms with Crippen molar-refractivity contribution in [3.63, 3.8) is 0 Å². The molecular formula is C21H19N3O5S. The number of anilines is 1. The maximum Gasteiger partial charge on any atom is 0.263 e. The van der Waals surface area contributed by atoms with E-state index in [1.807, 2.05) is 18.2 Å². The summed E-state index contributed by atoms with van der Waals surface area (Å²) in [5.41, 5.74) is 1.14. The Morgan fingerprint density at radius 2 is 1.73 bits per heavy atom. The number of thiocarbonyl (C=S) groups is 1. The summed E-state index contributed by atoms with van der Waals surface area (Å²) < 4.78 is 11.2. The first-order valence-corrected chi connectivity index (χ1v) is 9.50. The average Bonchev–Trinajstić information content (AvgIpc) is 2.71. The van der Waals surface area contributed by atoms with E-state index in [-0.39, 0.29) is 23.2 Å². The van der Waals surface area contributed by atoms with Crippen LogP contribution in [-0.2, 0) is 14.4 Å². The van der Waals surface area contributed by atoms with Crippen molar-refractivity contribution in [3.8, 4) is 11.5 Å². The van der Waals surface area contributed by atoms with Crippen molar-refractivity contribution in [1.29, 1.82) is 0 Å². The molecule has 0 saturated carbocycles. The van der Waals surface area contributed by atoms with Crippen LogP contribution in [0.15, 0.2) is 54.1 Å². The molecule has 0 unspecified atom stereocenters. The normalized spacial score (nSPS) is 13.2. The number of benzene rings is 2. The first kappa shape index (κ1) is 21.0. The van der Waals surface area contributed by atoms with Gasteiger partial charge in [-0.3, -0.25) is 25.0 Å². The van der Waals surface area contributed by atoms with E-state index in [1.54, 1.807) is 37.3 Å². The Kier molecular flexibility index (Phi) is 6.76. The largest absolute Gasteiger partial charge is 0.490 e. The number of amides is 3. The Morgan fingerprint density at radius 3 is 2.40 bits per heavy atom. The lowest BCUT2D eigenvalue weighted by atomic mass is 10.1. The van der Waals surface area contributed by atoms with Crippen molar-refractivity contribution >= 4 is 46.8 Å². The quantitative estimate of drug-likeness (QED) is 0.356. The molecule has 0 atom stereocenters. The molecule has 2 aromatic rings. The predicted molar refractivity (Wildman–Crippen MR) is 115 cm³/mol. The van der Waals surface area contributed by atoms with Gasteiger partial charge in [-0.25, -0.2) is 0 Å². The zero-order chi connectivity index (χ0) is 21.5. The zero-order valence-corrected chi connectivity index (χ0v) is 16.9. The molecular weight excluding hydrogens is 406 g/mol. The fourth-order valence-corrected chi connectivity index (χ4v) is 2.82. The third kappa shape index (κ3) is 5.42. The fraction of sp³-hybridized carbons (Fsp3) is 0.143. The van der Waals surface area contributed by atoms with Gasteiger partial charge in [0.15, 0.2) is 23.2 Å². The van der Waals surface area contributed by atoms with Gasteiger partial charge >= 0.3 is 0 Å². The molecule has 2 aromatic carbocycles. The summed E-state index contributed by atoms with van der Waals surface area (Å²) in [4.78, 5) is 36.1. The van der Waals surface area contributed by atoms with Crippen LogP contribution in [0.4, 0.5) is 5.69 Å².